The molecule has 0 fully saturated rings. The SMILES string of the molecule is C[N+](C)(C)CCCCCCI.[I-]. The van der Waals surface area contributed by atoms with E-state index in [2.05, 4.69) is 43.7 Å². The third kappa shape index (κ3) is 14.0. The third-order valence-corrected chi connectivity index (χ3v) is 2.48. The van der Waals surface area contributed by atoms with Gasteiger partial charge in [-0.15, -0.1) is 0 Å². The van der Waals surface area contributed by atoms with Gasteiger partial charge in [0.1, 0.15) is 0 Å². The van der Waals surface area contributed by atoms with Crippen LogP contribution in [0.5, 0.6) is 0 Å². The molecule has 0 aliphatic heterocycles. The Balaban J connectivity index is 0. The molecule has 0 N–H and O–H groups in total. The van der Waals surface area contributed by atoms with Crippen molar-refractivity contribution in [2.45, 2.75) is 25.7 Å². The summed E-state index contributed by atoms with van der Waals surface area (Å²) in [5, 5.41) is 0. The predicted octanol–water partition coefficient (Wildman–Crippen LogP) is -0.308. The summed E-state index contributed by atoms with van der Waals surface area (Å²) in [4.78, 5) is 0. The maximum Gasteiger partial charge on any atom is 0.0780 e. The number of hydrogen-bond donors (Lipinski definition) is 0. The average Bonchev–Trinajstić information content (AvgIpc) is 1.85. The van der Waals surface area contributed by atoms with Crippen LogP contribution in [0.3, 0.4) is 0 Å². The second kappa shape index (κ2) is 8.99. The normalized spacial score (nSPS) is 11.0. The van der Waals surface area contributed by atoms with E-state index in [0.717, 1.165) is 4.48 Å². The van der Waals surface area contributed by atoms with Crippen molar-refractivity contribution in [2.75, 3.05) is 32.1 Å². The molecule has 0 aromatic rings. The molecular formula is C9H21I2N. The Hall–Kier alpha value is 1.42. The Morgan fingerprint density at radius 2 is 1.42 bits per heavy atom. The summed E-state index contributed by atoms with van der Waals surface area (Å²) in [6, 6.07) is 0. The molecule has 0 amide bonds. The van der Waals surface area contributed by atoms with Crippen molar-refractivity contribution >= 4 is 22.6 Å². The highest BCUT2D eigenvalue weighted by molar-refractivity contribution is 14.1. The van der Waals surface area contributed by atoms with Crippen molar-refractivity contribution in [2.24, 2.45) is 0 Å². The second-order valence-electron chi connectivity index (χ2n) is 4.12. The smallest absolute Gasteiger partial charge is 0.0780 e. The van der Waals surface area contributed by atoms with E-state index in [1.54, 1.807) is 0 Å². The summed E-state index contributed by atoms with van der Waals surface area (Å²) in [7, 11) is 6.79. The summed E-state index contributed by atoms with van der Waals surface area (Å²) >= 11 is 2.45. The van der Waals surface area contributed by atoms with Gasteiger partial charge in [-0.1, -0.05) is 29.0 Å². The number of unbranched alkanes of at least 4 members (excludes halogenated alkanes) is 3. The maximum absolute atomic E-state index is 2.45. The lowest BCUT2D eigenvalue weighted by Crippen LogP contribution is -3.00. The van der Waals surface area contributed by atoms with Crippen LogP contribution in [-0.4, -0.2) is 36.6 Å². The summed E-state index contributed by atoms with van der Waals surface area (Å²) in [5.41, 5.74) is 0. The van der Waals surface area contributed by atoms with Gasteiger partial charge in [0, 0.05) is 0 Å². The highest BCUT2D eigenvalue weighted by Crippen LogP contribution is 2.04. The molecule has 0 unspecified atom stereocenters. The van der Waals surface area contributed by atoms with E-state index >= 15 is 0 Å². The quantitative estimate of drug-likeness (QED) is 0.250. The van der Waals surface area contributed by atoms with Gasteiger partial charge in [0.25, 0.3) is 0 Å². The lowest BCUT2D eigenvalue weighted by Gasteiger charge is -2.23. The van der Waals surface area contributed by atoms with Crippen LogP contribution in [-0.2, 0) is 0 Å². The minimum absolute atomic E-state index is 0. The number of alkyl halides is 1. The lowest BCUT2D eigenvalue weighted by atomic mass is 10.2. The first-order valence-corrected chi connectivity index (χ1v) is 5.95. The minimum atomic E-state index is 0. The molecule has 0 aliphatic carbocycles. The number of rotatable bonds is 6. The van der Waals surface area contributed by atoms with Crippen molar-refractivity contribution in [1.29, 1.82) is 0 Å². The minimum Gasteiger partial charge on any atom is -1.00 e. The van der Waals surface area contributed by atoms with E-state index in [1.807, 2.05) is 0 Å². The summed E-state index contributed by atoms with van der Waals surface area (Å²) in [6.07, 6.45) is 5.62. The van der Waals surface area contributed by atoms with E-state index in [1.165, 1.54) is 36.7 Å². The predicted molar refractivity (Wildman–Crippen MR) is 60.3 cm³/mol. The molecule has 0 radical (unpaired) electrons. The number of halogens is 2. The van der Waals surface area contributed by atoms with Gasteiger partial charge in [0.15, 0.2) is 0 Å². The zero-order valence-corrected chi connectivity index (χ0v) is 12.8. The molecule has 1 nitrogen and oxygen atoms in total. The molecule has 0 aromatic heterocycles. The van der Waals surface area contributed by atoms with Gasteiger partial charge in [0.05, 0.1) is 27.7 Å². The number of nitrogens with zero attached hydrogens (tertiary/aromatic N) is 1. The van der Waals surface area contributed by atoms with Gasteiger partial charge in [-0.05, 0) is 23.7 Å². The highest BCUT2D eigenvalue weighted by Gasteiger charge is 2.04. The van der Waals surface area contributed by atoms with Crippen LogP contribution < -0.4 is 24.0 Å². The van der Waals surface area contributed by atoms with E-state index in [9.17, 15) is 0 Å². The zero-order valence-electron chi connectivity index (χ0n) is 8.45. The van der Waals surface area contributed by atoms with Crippen LogP contribution in [0, 0.1) is 0 Å². The van der Waals surface area contributed by atoms with Gasteiger partial charge in [-0.2, -0.15) is 0 Å². The molecule has 76 valence electrons. The van der Waals surface area contributed by atoms with Crippen LogP contribution in [0.15, 0.2) is 0 Å². The number of quaternary nitrogens is 1. The summed E-state index contributed by atoms with van der Waals surface area (Å²) in [6.45, 7) is 1.32. The van der Waals surface area contributed by atoms with Crippen molar-refractivity contribution in [1.82, 2.24) is 0 Å². The molecule has 12 heavy (non-hydrogen) atoms. The molecular weight excluding hydrogens is 376 g/mol. The standard InChI is InChI=1S/C9H21IN.HI/c1-11(2,3)9-7-5-4-6-8-10;/h4-9H2,1-3H3;1H/q+1;/p-1. The molecule has 0 aliphatic rings. The van der Waals surface area contributed by atoms with Gasteiger partial charge >= 0.3 is 0 Å². The molecule has 0 atom stereocenters. The Morgan fingerprint density at radius 3 is 1.83 bits per heavy atom. The monoisotopic (exact) mass is 397 g/mol. The molecule has 0 spiro atoms. The zero-order chi connectivity index (χ0) is 8.74. The van der Waals surface area contributed by atoms with Crippen LogP contribution >= 0.6 is 22.6 Å². The first-order chi connectivity index (χ1) is 5.06. The Morgan fingerprint density at radius 1 is 0.917 bits per heavy atom. The Kier molecular flexibility index (Phi) is 11.9. The molecule has 0 bridgehead atoms. The van der Waals surface area contributed by atoms with E-state index in [4.69, 9.17) is 0 Å². The van der Waals surface area contributed by atoms with Gasteiger partial charge in [-0.25, -0.2) is 0 Å². The van der Waals surface area contributed by atoms with E-state index in [0.29, 0.717) is 0 Å². The molecule has 0 saturated heterocycles. The lowest BCUT2D eigenvalue weighted by molar-refractivity contribution is -0.870. The van der Waals surface area contributed by atoms with Gasteiger partial charge < -0.3 is 28.5 Å². The molecule has 0 aromatic carbocycles. The fourth-order valence-electron chi connectivity index (χ4n) is 1.03. The van der Waals surface area contributed by atoms with Gasteiger partial charge in [-0.3, -0.25) is 0 Å². The van der Waals surface area contributed by atoms with E-state index < -0.39 is 0 Å². The van der Waals surface area contributed by atoms with Crippen LogP contribution in [0.2, 0.25) is 0 Å². The van der Waals surface area contributed by atoms with Crippen molar-refractivity contribution in [3.8, 4) is 0 Å². The fourth-order valence-corrected chi connectivity index (χ4v) is 1.57. The fraction of sp³-hybridized carbons (Fsp3) is 1.00. The van der Waals surface area contributed by atoms with Crippen LogP contribution in [0.1, 0.15) is 25.7 Å². The van der Waals surface area contributed by atoms with E-state index in [-0.39, 0.29) is 24.0 Å². The van der Waals surface area contributed by atoms with Crippen LogP contribution in [0.25, 0.3) is 0 Å². The first kappa shape index (κ1) is 15.9. The number of hydrogen-bond acceptors (Lipinski definition) is 0. The third-order valence-electron chi connectivity index (χ3n) is 1.71. The Bertz CT molecular complexity index is 89.0. The topological polar surface area (TPSA) is 0 Å². The van der Waals surface area contributed by atoms with Crippen molar-refractivity contribution in [3.63, 3.8) is 0 Å². The molecule has 3 heteroatoms. The summed E-state index contributed by atoms with van der Waals surface area (Å²) < 4.78 is 2.44. The molecule has 0 saturated carbocycles. The van der Waals surface area contributed by atoms with Gasteiger partial charge in [0.2, 0.25) is 0 Å². The van der Waals surface area contributed by atoms with Crippen molar-refractivity contribution < 1.29 is 28.5 Å². The summed E-state index contributed by atoms with van der Waals surface area (Å²) in [5.74, 6) is 0. The second-order valence-corrected chi connectivity index (χ2v) is 5.20. The molecule has 0 rings (SSSR count). The highest BCUT2D eigenvalue weighted by atomic mass is 127. The average molecular weight is 397 g/mol. The first-order valence-electron chi connectivity index (χ1n) is 4.43. The van der Waals surface area contributed by atoms with Crippen LogP contribution in [0.4, 0.5) is 0 Å². The maximum atomic E-state index is 2.45. The largest absolute Gasteiger partial charge is 1.00 e. The Labute approximate surface area is 108 Å². The molecule has 0 heterocycles. The van der Waals surface area contributed by atoms with Crippen molar-refractivity contribution in [3.05, 3.63) is 0 Å².